The molecule has 0 radical (unpaired) electrons. The van der Waals surface area contributed by atoms with Crippen LogP contribution in [0.3, 0.4) is 0 Å². The summed E-state index contributed by atoms with van der Waals surface area (Å²) in [5.41, 5.74) is 0. The van der Waals surface area contributed by atoms with E-state index >= 15 is 0 Å². The SMILES string of the molecule is C[Si](C)(C)OCCOCCI. The van der Waals surface area contributed by atoms with Crippen LogP contribution in [0.25, 0.3) is 0 Å². The molecule has 0 aromatic heterocycles. The quantitative estimate of drug-likeness (QED) is 0.323. The zero-order valence-electron chi connectivity index (χ0n) is 7.52. The second kappa shape index (κ2) is 6.39. The van der Waals surface area contributed by atoms with Gasteiger partial charge >= 0.3 is 0 Å². The monoisotopic (exact) mass is 288 g/mol. The molecule has 0 fully saturated rings. The molecule has 0 saturated carbocycles. The Kier molecular flexibility index (Phi) is 6.89. The maximum atomic E-state index is 5.59. The van der Waals surface area contributed by atoms with E-state index in [9.17, 15) is 0 Å². The first-order chi connectivity index (χ1) is 5.06. The first kappa shape index (κ1) is 11.9. The Hall–Kier alpha value is 0.867. The number of ether oxygens (including phenoxy) is 1. The van der Waals surface area contributed by atoms with Crippen LogP contribution in [0.15, 0.2) is 0 Å². The van der Waals surface area contributed by atoms with Gasteiger partial charge in [-0.05, 0) is 19.6 Å². The Balaban J connectivity index is 3.02. The number of alkyl halides is 1. The van der Waals surface area contributed by atoms with Gasteiger partial charge in [-0.2, -0.15) is 0 Å². The van der Waals surface area contributed by atoms with Crippen LogP contribution in [0.5, 0.6) is 0 Å². The molecular formula is C7H17IO2Si. The molecule has 0 aromatic rings. The molecular weight excluding hydrogens is 271 g/mol. The van der Waals surface area contributed by atoms with E-state index in [1.165, 1.54) is 0 Å². The Morgan fingerprint density at radius 2 is 1.73 bits per heavy atom. The van der Waals surface area contributed by atoms with Gasteiger partial charge in [-0.25, -0.2) is 0 Å². The summed E-state index contributed by atoms with van der Waals surface area (Å²) in [6.45, 7) is 8.90. The maximum absolute atomic E-state index is 5.59. The van der Waals surface area contributed by atoms with Gasteiger partial charge in [0.2, 0.25) is 0 Å². The van der Waals surface area contributed by atoms with Crippen LogP contribution in [0.2, 0.25) is 19.6 Å². The Bertz CT molecular complexity index is 92.9. The minimum atomic E-state index is -1.30. The molecule has 0 spiro atoms. The van der Waals surface area contributed by atoms with Gasteiger partial charge < -0.3 is 9.16 Å². The van der Waals surface area contributed by atoms with E-state index in [1.807, 2.05) is 0 Å². The third kappa shape index (κ3) is 10.9. The predicted molar refractivity (Wildman–Crippen MR) is 59.0 cm³/mol. The zero-order valence-corrected chi connectivity index (χ0v) is 10.7. The summed E-state index contributed by atoms with van der Waals surface area (Å²) in [5, 5.41) is 0. The van der Waals surface area contributed by atoms with Crippen molar-refractivity contribution in [3.05, 3.63) is 0 Å². The molecule has 0 bridgehead atoms. The normalized spacial score (nSPS) is 12.0. The molecule has 0 aliphatic heterocycles. The largest absolute Gasteiger partial charge is 0.415 e. The van der Waals surface area contributed by atoms with Gasteiger partial charge in [0.15, 0.2) is 8.32 Å². The van der Waals surface area contributed by atoms with Crippen LogP contribution in [-0.2, 0) is 9.16 Å². The van der Waals surface area contributed by atoms with Crippen molar-refractivity contribution >= 4 is 30.9 Å². The number of hydrogen-bond acceptors (Lipinski definition) is 2. The van der Waals surface area contributed by atoms with Gasteiger partial charge in [0.1, 0.15) is 0 Å². The highest BCUT2D eigenvalue weighted by Crippen LogP contribution is 2.01. The van der Waals surface area contributed by atoms with Crippen LogP contribution in [0, 0.1) is 0 Å². The molecule has 0 atom stereocenters. The topological polar surface area (TPSA) is 18.5 Å². The van der Waals surface area contributed by atoms with Gasteiger partial charge in [-0.15, -0.1) is 0 Å². The van der Waals surface area contributed by atoms with E-state index in [0.717, 1.165) is 24.2 Å². The highest BCUT2D eigenvalue weighted by molar-refractivity contribution is 14.1. The zero-order chi connectivity index (χ0) is 8.74. The molecule has 11 heavy (non-hydrogen) atoms. The van der Waals surface area contributed by atoms with E-state index in [-0.39, 0.29) is 0 Å². The maximum Gasteiger partial charge on any atom is 0.183 e. The summed E-state index contributed by atoms with van der Waals surface area (Å²) < 4.78 is 11.9. The first-order valence-corrected chi connectivity index (χ1v) is 8.77. The average molecular weight is 288 g/mol. The standard InChI is InChI=1S/C7H17IO2Si/c1-11(2,3)10-7-6-9-5-4-8/h4-7H2,1-3H3. The predicted octanol–water partition coefficient (Wildman–Crippen LogP) is 2.29. The van der Waals surface area contributed by atoms with Crippen molar-refractivity contribution in [1.82, 2.24) is 0 Å². The molecule has 0 rings (SSSR count). The summed E-state index contributed by atoms with van der Waals surface area (Å²) >= 11 is 2.30. The van der Waals surface area contributed by atoms with Crippen molar-refractivity contribution < 1.29 is 9.16 Å². The molecule has 0 unspecified atom stereocenters. The Morgan fingerprint density at radius 1 is 1.09 bits per heavy atom. The lowest BCUT2D eigenvalue weighted by atomic mass is 10.8. The van der Waals surface area contributed by atoms with Crippen molar-refractivity contribution in [2.45, 2.75) is 19.6 Å². The van der Waals surface area contributed by atoms with Gasteiger partial charge in [0.05, 0.1) is 19.8 Å². The van der Waals surface area contributed by atoms with Gasteiger partial charge in [0, 0.05) is 4.43 Å². The molecule has 4 heteroatoms. The first-order valence-electron chi connectivity index (χ1n) is 3.84. The third-order valence-corrected chi connectivity index (χ3v) is 2.49. The van der Waals surface area contributed by atoms with Crippen molar-refractivity contribution in [3.63, 3.8) is 0 Å². The Labute approximate surface area is 83.9 Å². The summed E-state index contributed by atoms with van der Waals surface area (Å²) in [6, 6.07) is 0. The van der Waals surface area contributed by atoms with E-state index in [1.54, 1.807) is 0 Å². The smallest absolute Gasteiger partial charge is 0.183 e. The number of rotatable bonds is 6. The summed E-state index contributed by atoms with van der Waals surface area (Å²) in [7, 11) is -1.30. The minimum absolute atomic E-state index is 0.743. The Morgan fingerprint density at radius 3 is 2.18 bits per heavy atom. The van der Waals surface area contributed by atoms with Crippen LogP contribution >= 0.6 is 22.6 Å². The molecule has 0 aromatic carbocycles. The molecule has 0 heterocycles. The van der Waals surface area contributed by atoms with Crippen molar-refractivity contribution in [1.29, 1.82) is 0 Å². The molecule has 0 aliphatic carbocycles. The van der Waals surface area contributed by atoms with E-state index in [2.05, 4.69) is 42.2 Å². The fourth-order valence-corrected chi connectivity index (χ4v) is 1.57. The minimum Gasteiger partial charge on any atom is -0.415 e. The second-order valence-electron chi connectivity index (χ2n) is 3.26. The molecule has 0 saturated heterocycles. The van der Waals surface area contributed by atoms with Crippen molar-refractivity contribution in [2.24, 2.45) is 0 Å². The lowest BCUT2D eigenvalue weighted by molar-refractivity contribution is 0.111. The highest BCUT2D eigenvalue weighted by atomic mass is 127. The molecule has 68 valence electrons. The van der Waals surface area contributed by atoms with Crippen LogP contribution in [0.4, 0.5) is 0 Å². The fraction of sp³-hybridized carbons (Fsp3) is 1.00. The van der Waals surface area contributed by atoms with Crippen molar-refractivity contribution in [3.8, 4) is 0 Å². The van der Waals surface area contributed by atoms with E-state index < -0.39 is 8.32 Å². The van der Waals surface area contributed by atoms with Gasteiger partial charge in [-0.1, -0.05) is 22.6 Å². The number of halogens is 1. The van der Waals surface area contributed by atoms with Crippen molar-refractivity contribution in [2.75, 3.05) is 24.2 Å². The second-order valence-corrected chi connectivity index (χ2v) is 8.85. The molecule has 0 aliphatic rings. The molecule has 0 N–H and O–H groups in total. The van der Waals surface area contributed by atoms with Gasteiger partial charge in [0.25, 0.3) is 0 Å². The molecule has 2 nitrogen and oxygen atoms in total. The number of hydrogen-bond donors (Lipinski definition) is 0. The summed E-state index contributed by atoms with van der Waals surface area (Å²) in [6.07, 6.45) is 0. The lowest BCUT2D eigenvalue weighted by Gasteiger charge is -2.16. The highest BCUT2D eigenvalue weighted by Gasteiger charge is 2.12. The van der Waals surface area contributed by atoms with E-state index in [4.69, 9.17) is 9.16 Å². The average Bonchev–Trinajstić information content (AvgIpc) is 1.85. The molecule has 0 amide bonds. The lowest BCUT2D eigenvalue weighted by Crippen LogP contribution is -2.27. The van der Waals surface area contributed by atoms with Crippen LogP contribution in [0.1, 0.15) is 0 Å². The fourth-order valence-electron chi connectivity index (χ4n) is 0.563. The third-order valence-electron chi connectivity index (χ3n) is 0.984. The summed E-state index contributed by atoms with van der Waals surface area (Å²) in [4.78, 5) is 0. The summed E-state index contributed by atoms with van der Waals surface area (Å²) in [5.74, 6) is 0. The van der Waals surface area contributed by atoms with E-state index in [0.29, 0.717) is 0 Å². The van der Waals surface area contributed by atoms with Gasteiger partial charge in [-0.3, -0.25) is 0 Å². The van der Waals surface area contributed by atoms with Crippen LogP contribution < -0.4 is 0 Å². The van der Waals surface area contributed by atoms with Crippen LogP contribution in [-0.4, -0.2) is 32.6 Å².